The molecule has 2 rings (SSSR count). The van der Waals surface area contributed by atoms with Crippen molar-refractivity contribution in [2.75, 3.05) is 33.4 Å². The van der Waals surface area contributed by atoms with Crippen LogP contribution in [0.1, 0.15) is 46.1 Å². The Morgan fingerprint density at radius 1 is 1.30 bits per heavy atom. The molecule has 1 unspecified atom stereocenters. The van der Waals surface area contributed by atoms with E-state index >= 15 is 0 Å². The second-order valence-electron chi connectivity index (χ2n) is 8.13. The number of rotatable bonds is 9. The number of nitrogens with one attached hydrogen (secondary N) is 2. The van der Waals surface area contributed by atoms with Gasteiger partial charge in [0.1, 0.15) is 0 Å². The van der Waals surface area contributed by atoms with Crippen LogP contribution in [0.4, 0.5) is 0 Å². The highest BCUT2D eigenvalue weighted by Gasteiger charge is 2.22. The van der Waals surface area contributed by atoms with Crippen LogP contribution in [0.15, 0.2) is 18.2 Å². The molecule has 0 spiro atoms. The molecule has 1 atom stereocenters. The van der Waals surface area contributed by atoms with E-state index in [-0.39, 0.29) is 18.1 Å². The molecule has 0 saturated carbocycles. The van der Waals surface area contributed by atoms with E-state index in [1.54, 1.807) is 7.11 Å². The first-order valence-corrected chi connectivity index (χ1v) is 9.88. The predicted molar refractivity (Wildman–Crippen MR) is 108 cm³/mol. The molecular formula is C21H35N3O3. The summed E-state index contributed by atoms with van der Waals surface area (Å²) in [5, 5.41) is 6.43. The number of nitrogens with zero attached hydrogens (tertiary/aromatic N) is 1. The van der Waals surface area contributed by atoms with Crippen molar-refractivity contribution in [2.45, 2.75) is 58.7 Å². The summed E-state index contributed by atoms with van der Waals surface area (Å²) in [6, 6.07) is 6.49. The van der Waals surface area contributed by atoms with Crippen molar-refractivity contribution >= 4 is 5.91 Å². The minimum absolute atomic E-state index is 0.0280. The van der Waals surface area contributed by atoms with Gasteiger partial charge in [-0.15, -0.1) is 0 Å². The number of carbonyl (C=O) groups is 1. The van der Waals surface area contributed by atoms with Crippen molar-refractivity contribution < 1.29 is 14.3 Å². The molecule has 0 aliphatic carbocycles. The number of amides is 1. The Morgan fingerprint density at radius 3 is 2.74 bits per heavy atom. The van der Waals surface area contributed by atoms with E-state index in [2.05, 4.69) is 22.5 Å². The van der Waals surface area contributed by atoms with Gasteiger partial charge in [-0.3, -0.25) is 9.69 Å². The lowest BCUT2D eigenvalue weighted by atomic mass is 10.1. The Bertz CT molecular complexity index is 613. The number of likely N-dealkylation sites (N-methyl/N-ethyl adjacent to an activating group) is 1. The van der Waals surface area contributed by atoms with E-state index in [1.165, 1.54) is 19.4 Å². The third-order valence-electron chi connectivity index (χ3n) is 4.72. The van der Waals surface area contributed by atoms with Gasteiger partial charge in [0.15, 0.2) is 18.1 Å². The highest BCUT2D eigenvalue weighted by Crippen LogP contribution is 2.28. The highest BCUT2D eigenvalue weighted by atomic mass is 16.5. The maximum atomic E-state index is 11.9. The fourth-order valence-corrected chi connectivity index (χ4v) is 3.46. The summed E-state index contributed by atoms with van der Waals surface area (Å²) in [6.07, 6.45) is 2.57. The van der Waals surface area contributed by atoms with E-state index in [4.69, 9.17) is 9.47 Å². The molecule has 1 saturated heterocycles. The zero-order valence-electron chi connectivity index (χ0n) is 17.4. The van der Waals surface area contributed by atoms with Gasteiger partial charge >= 0.3 is 0 Å². The lowest BCUT2D eigenvalue weighted by Crippen LogP contribution is -2.43. The molecule has 1 heterocycles. The second kappa shape index (κ2) is 9.95. The minimum Gasteiger partial charge on any atom is -0.493 e. The van der Waals surface area contributed by atoms with Gasteiger partial charge in [0.2, 0.25) is 0 Å². The number of likely N-dealkylation sites (tertiary alicyclic amines) is 1. The third kappa shape index (κ3) is 7.03. The minimum atomic E-state index is -0.271. The van der Waals surface area contributed by atoms with Crippen LogP contribution in [-0.4, -0.2) is 55.7 Å². The lowest BCUT2D eigenvalue weighted by Gasteiger charge is -2.23. The largest absolute Gasteiger partial charge is 0.493 e. The molecule has 6 heteroatoms. The van der Waals surface area contributed by atoms with Crippen molar-refractivity contribution in [3.05, 3.63) is 23.8 Å². The van der Waals surface area contributed by atoms with Crippen molar-refractivity contribution in [2.24, 2.45) is 0 Å². The molecule has 6 nitrogen and oxygen atoms in total. The van der Waals surface area contributed by atoms with E-state index in [0.29, 0.717) is 17.5 Å². The fraction of sp³-hybridized carbons (Fsp3) is 0.667. The first kappa shape index (κ1) is 21.5. The summed E-state index contributed by atoms with van der Waals surface area (Å²) in [7, 11) is 1.62. The molecule has 1 aromatic rings. The number of carbonyl (C=O) groups excluding carboxylic acids is 1. The molecular weight excluding hydrogens is 342 g/mol. The van der Waals surface area contributed by atoms with Gasteiger partial charge in [-0.25, -0.2) is 0 Å². The molecule has 1 amide bonds. The van der Waals surface area contributed by atoms with Gasteiger partial charge in [0.05, 0.1) is 7.11 Å². The summed E-state index contributed by atoms with van der Waals surface area (Å²) in [5.74, 6) is 1.08. The molecule has 1 fully saturated rings. The highest BCUT2D eigenvalue weighted by molar-refractivity contribution is 5.78. The van der Waals surface area contributed by atoms with E-state index < -0.39 is 0 Å². The molecule has 1 aromatic carbocycles. The van der Waals surface area contributed by atoms with E-state index in [9.17, 15) is 4.79 Å². The van der Waals surface area contributed by atoms with Crippen LogP contribution in [0.5, 0.6) is 11.5 Å². The maximum Gasteiger partial charge on any atom is 0.258 e. The summed E-state index contributed by atoms with van der Waals surface area (Å²) < 4.78 is 11.1. The van der Waals surface area contributed by atoms with Crippen LogP contribution in [0, 0.1) is 0 Å². The molecule has 1 aliphatic rings. The standard InChI is InChI=1S/C21H35N3O3/c1-6-24-11-7-8-17(24)14-22-13-16-9-10-18(19(12-16)26-5)27-15-20(25)23-21(2,3)4/h9-10,12,17,22H,6-8,11,13-15H2,1-5H3,(H,23,25). The molecule has 0 aromatic heterocycles. The third-order valence-corrected chi connectivity index (χ3v) is 4.72. The number of benzene rings is 1. The van der Waals surface area contributed by atoms with E-state index in [0.717, 1.165) is 25.2 Å². The SMILES string of the molecule is CCN1CCCC1CNCc1ccc(OCC(=O)NC(C)(C)C)c(OC)c1. The Balaban J connectivity index is 1.85. The smallest absolute Gasteiger partial charge is 0.258 e. The van der Waals surface area contributed by atoms with Gasteiger partial charge in [0.25, 0.3) is 5.91 Å². The Morgan fingerprint density at radius 2 is 2.07 bits per heavy atom. The van der Waals surface area contributed by atoms with Crippen LogP contribution < -0.4 is 20.1 Å². The molecule has 152 valence electrons. The zero-order chi connectivity index (χ0) is 19.9. The topological polar surface area (TPSA) is 62.8 Å². The first-order valence-electron chi connectivity index (χ1n) is 9.88. The quantitative estimate of drug-likeness (QED) is 0.693. The Hall–Kier alpha value is -1.79. The second-order valence-corrected chi connectivity index (χ2v) is 8.13. The Kier molecular flexibility index (Phi) is 7.92. The average molecular weight is 378 g/mol. The van der Waals surface area contributed by atoms with Crippen molar-refractivity contribution in [1.29, 1.82) is 0 Å². The molecule has 0 bridgehead atoms. The molecule has 1 aliphatic heterocycles. The number of hydrogen-bond donors (Lipinski definition) is 2. The van der Waals surface area contributed by atoms with Crippen LogP contribution in [0.2, 0.25) is 0 Å². The summed E-state index contributed by atoms with van der Waals surface area (Å²) in [5.41, 5.74) is 0.867. The summed E-state index contributed by atoms with van der Waals surface area (Å²) in [4.78, 5) is 14.5. The number of ether oxygens (including phenoxy) is 2. The Labute approximate surface area is 163 Å². The van der Waals surface area contributed by atoms with Crippen molar-refractivity contribution in [1.82, 2.24) is 15.5 Å². The number of methoxy groups -OCH3 is 1. The summed E-state index contributed by atoms with van der Waals surface area (Å²) >= 11 is 0. The molecule has 2 N–H and O–H groups in total. The summed E-state index contributed by atoms with van der Waals surface area (Å²) in [6.45, 7) is 12.1. The van der Waals surface area contributed by atoms with Gasteiger partial charge in [-0.05, 0) is 64.4 Å². The average Bonchev–Trinajstić information content (AvgIpc) is 3.06. The monoisotopic (exact) mass is 377 g/mol. The van der Waals surface area contributed by atoms with Gasteiger partial charge < -0.3 is 20.1 Å². The lowest BCUT2D eigenvalue weighted by molar-refractivity contribution is -0.124. The van der Waals surface area contributed by atoms with Gasteiger partial charge in [-0.2, -0.15) is 0 Å². The predicted octanol–water partition coefficient (Wildman–Crippen LogP) is 2.56. The van der Waals surface area contributed by atoms with Crippen LogP contribution >= 0.6 is 0 Å². The first-order chi connectivity index (χ1) is 12.8. The van der Waals surface area contributed by atoms with E-state index in [1.807, 2.05) is 39.0 Å². The molecule has 0 radical (unpaired) electrons. The van der Waals surface area contributed by atoms with Crippen LogP contribution in [-0.2, 0) is 11.3 Å². The maximum absolute atomic E-state index is 11.9. The normalized spacial score (nSPS) is 17.7. The van der Waals surface area contributed by atoms with Gasteiger partial charge in [-0.1, -0.05) is 13.0 Å². The molecule has 27 heavy (non-hydrogen) atoms. The van der Waals surface area contributed by atoms with Crippen molar-refractivity contribution in [3.63, 3.8) is 0 Å². The van der Waals surface area contributed by atoms with Crippen LogP contribution in [0.3, 0.4) is 0 Å². The fourth-order valence-electron chi connectivity index (χ4n) is 3.46. The zero-order valence-corrected chi connectivity index (χ0v) is 17.4. The van der Waals surface area contributed by atoms with Gasteiger partial charge in [0, 0.05) is 24.7 Å². The number of hydrogen-bond acceptors (Lipinski definition) is 5. The van der Waals surface area contributed by atoms with Crippen molar-refractivity contribution in [3.8, 4) is 11.5 Å². The van der Waals surface area contributed by atoms with Crippen LogP contribution in [0.25, 0.3) is 0 Å².